The first-order valence-corrected chi connectivity index (χ1v) is 8.88. The zero-order valence-corrected chi connectivity index (χ0v) is 15.0. The second-order valence-corrected chi connectivity index (χ2v) is 6.67. The molecule has 3 aromatic rings. The van der Waals surface area contributed by atoms with E-state index >= 15 is 4.39 Å². The Labute approximate surface area is 158 Å². The number of carbonyl (C=O) groups excluding carboxylic acids is 1. The number of hydrogen-bond donors (Lipinski definition) is 0. The number of nitrogens with zero attached hydrogens (tertiary/aromatic N) is 1. The van der Waals surface area contributed by atoms with Crippen molar-refractivity contribution in [2.75, 3.05) is 7.11 Å². The lowest BCUT2D eigenvalue weighted by molar-refractivity contribution is -0.181. The highest BCUT2D eigenvalue weighted by Gasteiger charge is 2.63. The molecule has 0 bridgehead atoms. The Morgan fingerprint density at radius 1 is 0.926 bits per heavy atom. The van der Waals surface area contributed by atoms with Gasteiger partial charge in [0, 0.05) is 12.1 Å². The maximum atomic E-state index is 16.1. The molecule has 0 radical (unpaired) electrons. The van der Waals surface area contributed by atoms with Gasteiger partial charge in [-0.2, -0.15) is 0 Å². The molecule has 3 aromatic carbocycles. The zero-order chi connectivity index (χ0) is 18.9. The van der Waals surface area contributed by atoms with Gasteiger partial charge in [0.1, 0.15) is 11.8 Å². The summed E-state index contributed by atoms with van der Waals surface area (Å²) in [6.45, 7) is 0.376. The second-order valence-electron chi connectivity index (χ2n) is 6.67. The third-order valence-corrected chi connectivity index (χ3v) is 5.08. The molecule has 0 N–H and O–H groups in total. The molecule has 1 aliphatic heterocycles. The lowest BCUT2D eigenvalue weighted by atomic mass is 9.74. The Morgan fingerprint density at radius 3 is 2.11 bits per heavy atom. The normalized spacial score (nSPS) is 21.6. The number of β-lactam (4-membered cyclic amide) rings is 1. The largest absolute Gasteiger partial charge is 0.497 e. The van der Waals surface area contributed by atoms with Gasteiger partial charge in [-0.25, -0.2) is 4.39 Å². The summed E-state index contributed by atoms with van der Waals surface area (Å²) in [5, 5.41) is 0. The predicted molar refractivity (Wildman–Crippen MR) is 102 cm³/mol. The molecule has 136 valence electrons. The van der Waals surface area contributed by atoms with Gasteiger partial charge in [-0.3, -0.25) is 4.79 Å². The number of halogens is 1. The fourth-order valence-electron chi connectivity index (χ4n) is 3.69. The van der Waals surface area contributed by atoms with Gasteiger partial charge in [-0.1, -0.05) is 72.8 Å². The number of hydrogen-bond acceptors (Lipinski definition) is 2. The van der Waals surface area contributed by atoms with Crippen molar-refractivity contribution >= 4 is 5.91 Å². The Morgan fingerprint density at radius 2 is 1.52 bits per heavy atom. The van der Waals surface area contributed by atoms with E-state index in [1.165, 1.54) is 0 Å². The molecule has 0 aromatic heterocycles. The van der Waals surface area contributed by atoms with Crippen molar-refractivity contribution in [1.82, 2.24) is 4.90 Å². The van der Waals surface area contributed by atoms with Gasteiger partial charge in [0.2, 0.25) is 5.67 Å². The van der Waals surface area contributed by atoms with Crippen molar-refractivity contribution < 1.29 is 13.9 Å². The molecule has 0 unspecified atom stereocenters. The quantitative estimate of drug-likeness (QED) is 0.620. The monoisotopic (exact) mass is 361 g/mol. The minimum atomic E-state index is -2.08. The van der Waals surface area contributed by atoms with Crippen molar-refractivity contribution in [2.24, 2.45) is 0 Å². The lowest BCUT2D eigenvalue weighted by Crippen LogP contribution is -2.63. The summed E-state index contributed by atoms with van der Waals surface area (Å²) >= 11 is 0. The van der Waals surface area contributed by atoms with Crippen LogP contribution >= 0.6 is 0 Å². The molecule has 1 aliphatic rings. The van der Waals surface area contributed by atoms with Gasteiger partial charge in [-0.05, 0) is 23.3 Å². The fraction of sp³-hybridized carbons (Fsp3) is 0.174. The summed E-state index contributed by atoms with van der Waals surface area (Å²) in [4.78, 5) is 14.6. The van der Waals surface area contributed by atoms with Crippen LogP contribution in [0.1, 0.15) is 22.7 Å². The molecular weight excluding hydrogens is 341 g/mol. The number of rotatable bonds is 5. The number of amides is 1. The van der Waals surface area contributed by atoms with E-state index in [1.807, 2.05) is 60.7 Å². The van der Waals surface area contributed by atoms with Gasteiger partial charge in [-0.15, -0.1) is 0 Å². The zero-order valence-electron chi connectivity index (χ0n) is 15.0. The fourth-order valence-corrected chi connectivity index (χ4v) is 3.69. The Bertz CT molecular complexity index is 928. The maximum absolute atomic E-state index is 16.1. The molecule has 4 rings (SSSR count). The Hall–Kier alpha value is -3.14. The maximum Gasteiger partial charge on any atom is 0.268 e. The van der Waals surface area contributed by atoms with E-state index in [1.54, 1.807) is 36.3 Å². The molecule has 1 heterocycles. The van der Waals surface area contributed by atoms with E-state index in [-0.39, 0.29) is 0 Å². The molecular formula is C23H20FNO2. The number of likely N-dealkylation sites (tertiary alicyclic amines) is 1. The van der Waals surface area contributed by atoms with E-state index < -0.39 is 17.6 Å². The summed E-state index contributed by atoms with van der Waals surface area (Å²) in [7, 11) is 1.56. The van der Waals surface area contributed by atoms with Crippen molar-refractivity contribution in [3.8, 4) is 5.75 Å². The first-order chi connectivity index (χ1) is 13.1. The van der Waals surface area contributed by atoms with Crippen LogP contribution in [0.4, 0.5) is 4.39 Å². The standard InChI is InChI=1S/C23H20FNO2/c1-27-20-14-12-19(13-15-20)23(24)21(18-10-6-3-7-11-18)25(22(23)26)16-17-8-4-2-5-9-17/h2-15,21H,16H2,1H3/t21-,23+/m0/s1. The van der Waals surface area contributed by atoms with Gasteiger partial charge in [0.05, 0.1) is 7.11 Å². The van der Waals surface area contributed by atoms with Gasteiger partial charge >= 0.3 is 0 Å². The van der Waals surface area contributed by atoms with Crippen molar-refractivity contribution in [3.63, 3.8) is 0 Å². The molecule has 0 aliphatic carbocycles. The third kappa shape index (κ3) is 2.87. The molecule has 2 atom stereocenters. The van der Waals surface area contributed by atoms with Crippen LogP contribution in [0.2, 0.25) is 0 Å². The molecule has 0 spiro atoms. The number of alkyl halides is 1. The van der Waals surface area contributed by atoms with E-state index in [0.29, 0.717) is 17.9 Å². The van der Waals surface area contributed by atoms with Crippen LogP contribution in [0.25, 0.3) is 0 Å². The molecule has 1 amide bonds. The van der Waals surface area contributed by atoms with Gasteiger partial charge in [0.15, 0.2) is 0 Å². The molecule has 4 heteroatoms. The average molecular weight is 361 g/mol. The molecule has 0 saturated carbocycles. The summed E-state index contributed by atoms with van der Waals surface area (Å²) in [6, 6.07) is 25.0. The van der Waals surface area contributed by atoms with Crippen LogP contribution in [0.15, 0.2) is 84.9 Å². The van der Waals surface area contributed by atoms with Crippen molar-refractivity contribution in [2.45, 2.75) is 18.3 Å². The summed E-state index contributed by atoms with van der Waals surface area (Å²) in [5.74, 6) is 0.122. The summed E-state index contributed by atoms with van der Waals surface area (Å²) in [5.41, 5.74) is 0.0314. The molecule has 1 saturated heterocycles. The number of ether oxygens (including phenoxy) is 1. The van der Waals surface area contributed by atoms with Crippen LogP contribution in [0.5, 0.6) is 5.75 Å². The third-order valence-electron chi connectivity index (χ3n) is 5.08. The SMILES string of the molecule is COc1ccc([C@]2(F)C(=O)N(Cc3ccccc3)[C@H]2c2ccccc2)cc1. The summed E-state index contributed by atoms with van der Waals surface area (Å²) < 4.78 is 21.3. The smallest absolute Gasteiger partial charge is 0.268 e. The van der Waals surface area contributed by atoms with Crippen LogP contribution in [-0.2, 0) is 17.0 Å². The van der Waals surface area contributed by atoms with Crippen molar-refractivity contribution in [3.05, 3.63) is 102 Å². The predicted octanol–water partition coefficient (Wildman–Crippen LogP) is 4.64. The van der Waals surface area contributed by atoms with Crippen LogP contribution in [0, 0.1) is 0 Å². The average Bonchev–Trinajstić information content (AvgIpc) is 2.74. The summed E-state index contributed by atoms with van der Waals surface area (Å²) in [6.07, 6.45) is 0. The van der Waals surface area contributed by atoms with Gasteiger partial charge in [0.25, 0.3) is 5.91 Å². The minimum absolute atomic E-state index is 0.353. The molecule has 1 fully saturated rings. The van der Waals surface area contributed by atoms with E-state index in [9.17, 15) is 4.79 Å². The molecule has 27 heavy (non-hydrogen) atoms. The topological polar surface area (TPSA) is 29.5 Å². The minimum Gasteiger partial charge on any atom is -0.497 e. The number of benzene rings is 3. The molecule has 3 nitrogen and oxygen atoms in total. The van der Waals surface area contributed by atoms with E-state index in [0.717, 1.165) is 11.1 Å². The first-order valence-electron chi connectivity index (χ1n) is 8.88. The Kier molecular flexibility index (Phi) is 4.40. The second kappa shape index (κ2) is 6.88. The highest BCUT2D eigenvalue weighted by molar-refractivity contribution is 5.94. The van der Waals surface area contributed by atoms with E-state index in [4.69, 9.17) is 4.74 Å². The van der Waals surface area contributed by atoms with Gasteiger partial charge < -0.3 is 9.64 Å². The van der Waals surface area contributed by atoms with Crippen LogP contribution in [0.3, 0.4) is 0 Å². The lowest BCUT2D eigenvalue weighted by Gasteiger charge is -2.51. The van der Waals surface area contributed by atoms with Crippen molar-refractivity contribution in [1.29, 1.82) is 0 Å². The highest BCUT2D eigenvalue weighted by Crippen LogP contribution is 2.53. The van der Waals surface area contributed by atoms with Crippen LogP contribution < -0.4 is 4.74 Å². The van der Waals surface area contributed by atoms with Crippen LogP contribution in [-0.4, -0.2) is 17.9 Å². The number of carbonyl (C=O) groups is 1. The Balaban J connectivity index is 1.73. The first kappa shape index (κ1) is 17.3. The highest BCUT2D eigenvalue weighted by atomic mass is 19.1. The van der Waals surface area contributed by atoms with E-state index in [2.05, 4.69) is 0 Å². The number of methoxy groups -OCH3 is 1.